The van der Waals surface area contributed by atoms with Crippen LogP contribution < -0.4 is 0 Å². The Kier molecular flexibility index (Phi) is 6.19. The van der Waals surface area contributed by atoms with Crippen LogP contribution in [0, 0.1) is 5.82 Å². The number of para-hydroxylation sites is 1. The molecule has 1 atom stereocenters. The number of nitrogens with zero attached hydrogens (tertiary/aromatic N) is 2. The highest BCUT2D eigenvalue weighted by molar-refractivity contribution is 7.90. The lowest BCUT2D eigenvalue weighted by molar-refractivity contribution is -0.00390. The van der Waals surface area contributed by atoms with Crippen LogP contribution in [0.5, 0.6) is 0 Å². The summed E-state index contributed by atoms with van der Waals surface area (Å²) < 4.78 is 44.6. The molecule has 2 heterocycles. The first-order valence-electron chi connectivity index (χ1n) is 10.8. The summed E-state index contributed by atoms with van der Waals surface area (Å²) in [6.07, 6.45) is 1.16. The lowest BCUT2D eigenvalue weighted by atomic mass is 9.83. The summed E-state index contributed by atoms with van der Waals surface area (Å²) in [5.74, 6) is -0.371. The number of benzene rings is 3. The Morgan fingerprint density at radius 3 is 2.26 bits per heavy atom. The minimum absolute atomic E-state index is 0.146. The molecule has 0 radical (unpaired) electrons. The molecule has 0 spiro atoms. The molecule has 0 saturated carbocycles. The molecule has 1 unspecified atom stereocenters. The summed E-state index contributed by atoms with van der Waals surface area (Å²) in [6.45, 7) is 0.146. The Hall–Kier alpha value is -3.46. The SMILES string of the molecule is CS(=O)(=O)c1ccc(C(OCc2ccc3ccccc3n2)(c2ccc(F)cc2)c2cscn2)cc1. The predicted molar refractivity (Wildman–Crippen MR) is 134 cm³/mol. The summed E-state index contributed by atoms with van der Waals surface area (Å²) in [4.78, 5) is 9.48. The zero-order chi connectivity index (χ0) is 24.5. The second-order valence-electron chi connectivity index (χ2n) is 8.14. The fourth-order valence-corrected chi connectivity index (χ4v) is 5.30. The minimum atomic E-state index is -3.38. The molecule has 0 fully saturated rings. The molecule has 8 heteroatoms. The molecule has 0 bridgehead atoms. The largest absolute Gasteiger partial charge is 0.353 e. The number of ether oxygens (including phenoxy) is 1. The molecule has 2 aromatic heterocycles. The van der Waals surface area contributed by atoms with Gasteiger partial charge in [-0.2, -0.15) is 0 Å². The molecule has 0 N–H and O–H groups in total. The monoisotopic (exact) mass is 504 g/mol. The number of halogens is 1. The number of fused-ring (bicyclic) bond motifs is 1. The molecule has 5 rings (SSSR count). The summed E-state index contributed by atoms with van der Waals surface area (Å²) in [7, 11) is -3.38. The third-order valence-electron chi connectivity index (χ3n) is 5.83. The molecule has 5 aromatic rings. The van der Waals surface area contributed by atoms with Crippen LogP contribution in [0.1, 0.15) is 22.5 Å². The highest BCUT2D eigenvalue weighted by Gasteiger charge is 2.40. The molecule has 0 aliphatic heterocycles. The van der Waals surface area contributed by atoms with E-state index >= 15 is 0 Å². The fraction of sp³-hybridized carbons (Fsp3) is 0.111. The van der Waals surface area contributed by atoms with Crippen molar-refractivity contribution in [2.75, 3.05) is 6.26 Å². The average Bonchev–Trinajstić information content (AvgIpc) is 3.40. The van der Waals surface area contributed by atoms with Crippen molar-refractivity contribution in [2.45, 2.75) is 17.1 Å². The van der Waals surface area contributed by atoms with Gasteiger partial charge in [0.25, 0.3) is 0 Å². The molecule has 0 amide bonds. The smallest absolute Gasteiger partial charge is 0.175 e. The molecule has 5 nitrogen and oxygen atoms in total. The van der Waals surface area contributed by atoms with Crippen molar-refractivity contribution >= 4 is 32.1 Å². The first-order chi connectivity index (χ1) is 16.9. The van der Waals surface area contributed by atoms with Gasteiger partial charge < -0.3 is 4.74 Å². The number of pyridine rings is 1. The van der Waals surface area contributed by atoms with E-state index in [9.17, 15) is 12.8 Å². The van der Waals surface area contributed by atoms with Gasteiger partial charge in [0, 0.05) is 17.0 Å². The Morgan fingerprint density at radius 1 is 0.914 bits per heavy atom. The molecule has 3 aromatic carbocycles. The van der Waals surface area contributed by atoms with Gasteiger partial charge in [0.2, 0.25) is 0 Å². The van der Waals surface area contributed by atoms with Gasteiger partial charge in [-0.3, -0.25) is 4.98 Å². The third kappa shape index (κ3) is 4.60. The van der Waals surface area contributed by atoms with Crippen molar-refractivity contribution in [1.29, 1.82) is 0 Å². The lowest BCUT2D eigenvalue weighted by Crippen LogP contribution is -2.33. The topological polar surface area (TPSA) is 69.2 Å². The summed E-state index contributed by atoms with van der Waals surface area (Å²) >= 11 is 1.41. The zero-order valence-corrected chi connectivity index (χ0v) is 20.4. The van der Waals surface area contributed by atoms with Crippen LogP contribution in [0.4, 0.5) is 4.39 Å². The van der Waals surface area contributed by atoms with E-state index in [0.29, 0.717) is 16.8 Å². The highest BCUT2D eigenvalue weighted by atomic mass is 32.2. The van der Waals surface area contributed by atoms with Gasteiger partial charge >= 0.3 is 0 Å². The van der Waals surface area contributed by atoms with Crippen LogP contribution in [0.25, 0.3) is 10.9 Å². The average molecular weight is 505 g/mol. The van der Waals surface area contributed by atoms with Gasteiger partial charge in [0.05, 0.1) is 33.9 Å². The van der Waals surface area contributed by atoms with Gasteiger partial charge in [-0.1, -0.05) is 48.5 Å². The number of hydrogen-bond acceptors (Lipinski definition) is 6. The molecular weight excluding hydrogens is 483 g/mol. The Morgan fingerprint density at radius 2 is 1.60 bits per heavy atom. The first kappa shape index (κ1) is 23.3. The van der Waals surface area contributed by atoms with Crippen molar-refractivity contribution in [3.05, 3.63) is 124 Å². The van der Waals surface area contributed by atoms with Gasteiger partial charge in [0.1, 0.15) is 5.82 Å². The predicted octanol–water partition coefficient (Wildman–Crippen LogP) is 5.74. The van der Waals surface area contributed by atoms with Crippen molar-refractivity contribution in [1.82, 2.24) is 9.97 Å². The summed E-state index contributed by atoms with van der Waals surface area (Å²) in [6, 6.07) is 24.3. The van der Waals surface area contributed by atoms with Crippen molar-refractivity contribution < 1.29 is 17.5 Å². The molecule has 0 saturated heterocycles. The third-order valence-corrected chi connectivity index (χ3v) is 7.54. The van der Waals surface area contributed by atoms with E-state index in [0.717, 1.165) is 22.9 Å². The standard InChI is InChI=1S/C27H21FN2O3S2/c1-35(31,32)24-14-9-21(10-15-24)27(26-17-34-18-29-26,20-7-11-22(28)12-8-20)33-16-23-13-6-19-4-2-3-5-25(19)30-23/h2-15,17-18H,16H2,1H3. The van der Waals surface area contributed by atoms with Crippen LogP contribution >= 0.6 is 11.3 Å². The van der Waals surface area contributed by atoms with Crippen LogP contribution in [0.2, 0.25) is 0 Å². The summed E-state index contributed by atoms with van der Waals surface area (Å²) in [5.41, 5.74) is 4.01. The number of hydrogen-bond donors (Lipinski definition) is 0. The van der Waals surface area contributed by atoms with Crippen LogP contribution in [-0.4, -0.2) is 24.6 Å². The highest BCUT2D eigenvalue weighted by Crippen LogP contribution is 2.41. The van der Waals surface area contributed by atoms with Crippen LogP contribution in [0.3, 0.4) is 0 Å². The lowest BCUT2D eigenvalue weighted by Gasteiger charge is -2.34. The van der Waals surface area contributed by atoms with Gasteiger partial charge in [-0.05, 0) is 47.5 Å². The zero-order valence-electron chi connectivity index (χ0n) is 18.8. The number of thiazole rings is 1. The Bertz CT molecular complexity index is 1570. The van der Waals surface area contributed by atoms with Crippen LogP contribution in [0.15, 0.2) is 101 Å². The van der Waals surface area contributed by atoms with Gasteiger partial charge in [0.15, 0.2) is 15.4 Å². The van der Waals surface area contributed by atoms with Crippen molar-refractivity contribution in [3.8, 4) is 0 Å². The van der Waals surface area contributed by atoms with Gasteiger partial charge in [-0.15, -0.1) is 11.3 Å². The fourth-order valence-electron chi connectivity index (χ4n) is 4.08. The van der Waals surface area contributed by atoms with E-state index in [-0.39, 0.29) is 17.3 Å². The second kappa shape index (κ2) is 9.30. The number of rotatable bonds is 7. The van der Waals surface area contributed by atoms with E-state index in [4.69, 9.17) is 9.72 Å². The van der Waals surface area contributed by atoms with E-state index in [1.54, 1.807) is 41.9 Å². The van der Waals surface area contributed by atoms with E-state index in [2.05, 4.69) is 4.98 Å². The van der Waals surface area contributed by atoms with Crippen molar-refractivity contribution in [3.63, 3.8) is 0 Å². The quantitative estimate of drug-likeness (QED) is 0.283. The van der Waals surface area contributed by atoms with Crippen LogP contribution in [-0.2, 0) is 26.8 Å². The Balaban J connectivity index is 1.65. The maximum absolute atomic E-state index is 13.9. The number of aromatic nitrogens is 2. The second-order valence-corrected chi connectivity index (χ2v) is 10.9. The van der Waals surface area contributed by atoms with E-state index in [1.807, 2.05) is 41.8 Å². The van der Waals surface area contributed by atoms with Gasteiger partial charge in [-0.25, -0.2) is 17.8 Å². The first-order valence-corrected chi connectivity index (χ1v) is 13.6. The summed E-state index contributed by atoms with van der Waals surface area (Å²) in [5, 5.41) is 2.90. The van der Waals surface area contributed by atoms with E-state index in [1.165, 1.54) is 23.5 Å². The molecule has 176 valence electrons. The normalized spacial score (nSPS) is 13.5. The number of sulfone groups is 1. The molecule has 0 aliphatic carbocycles. The maximum Gasteiger partial charge on any atom is 0.175 e. The minimum Gasteiger partial charge on any atom is -0.353 e. The molecular formula is C27H21FN2O3S2. The maximum atomic E-state index is 13.9. The molecule has 0 aliphatic rings. The molecule has 35 heavy (non-hydrogen) atoms. The van der Waals surface area contributed by atoms with Crippen molar-refractivity contribution in [2.24, 2.45) is 0 Å². The van der Waals surface area contributed by atoms with E-state index < -0.39 is 15.4 Å². The Labute approximate surface area is 206 Å².